The van der Waals surface area contributed by atoms with E-state index in [2.05, 4.69) is 26.1 Å². The van der Waals surface area contributed by atoms with Gasteiger partial charge < -0.3 is 19.5 Å². The zero-order valence-corrected chi connectivity index (χ0v) is 13.7. The minimum atomic E-state index is 0.158. The highest BCUT2D eigenvalue weighted by Gasteiger charge is 2.25. The summed E-state index contributed by atoms with van der Waals surface area (Å²) >= 11 is 0. The molecule has 114 valence electrons. The highest BCUT2D eigenvalue weighted by molar-refractivity contribution is 5.52. The summed E-state index contributed by atoms with van der Waals surface area (Å²) in [6.07, 6.45) is 0.975. The van der Waals surface area contributed by atoms with Crippen LogP contribution in [0.3, 0.4) is 0 Å². The monoisotopic (exact) mass is 281 g/mol. The SMILES string of the molecule is CNC(CC(C)(C)C)c1c(OC)cc(OC)cc1OC. The second-order valence-electron chi connectivity index (χ2n) is 6.05. The molecule has 20 heavy (non-hydrogen) atoms. The van der Waals surface area contributed by atoms with Gasteiger partial charge in [0, 0.05) is 18.2 Å². The molecule has 0 bridgehead atoms. The van der Waals surface area contributed by atoms with Crippen molar-refractivity contribution in [3.8, 4) is 17.2 Å². The molecule has 0 aliphatic rings. The van der Waals surface area contributed by atoms with E-state index in [0.29, 0.717) is 0 Å². The molecule has 0 aliphatic carbocycles. The second kappa shape index (κ2) is 6.84. The van der Waals surface area contributed by atoms with Gasteiger partial charge in [0.05, 0.1) is 26.9 Å². The molecule has 0 amide bonds. The molecule has 0 spiro atoms. The van der Waals surface area contributed by atoms with Gasteiger partial charge in [-0.15, -0.1) is 0 Å². The van der Waals surface area contributed by atoms with Gasteiger partial charge in [0.2, 0.25) is 0 Å². The lowest BCUT2D eigenvalue weighted by Crippen LogP contribution is -2.23. The standard InChI is InChI=1S/C16H27NO3/c1-16(2,3)10-12(17-4)15-13(19-6)8-11(18-5)9-14(15)20-7/h8-9,12,17H,10H2,1-7H3. The van der Waals surface area contributed by atoms with Crippen molar-refractivity contribution in [3.63, 3.8) is 0 Å². The topological polar surface area (TPSA) is 39.7 Å². The maximum absolute atomic E-state index is 5.53. The zero-order valence-electron chi connectivity index (χ0n) is 13.7. The largest absolute Gasteiger partial charge is 0.496 e. The lowest BCUT2D eigenvalue weighted by atomic mass is 9.85. The summed E-state index contributed by atoms with van der Waals surface area (Å²) in [4.78, 5) is 0. The van der Waals surface area contributed by atoms with Crippen molar-refractivity contribution in [1.29, 1.82) is 0 Å². The molecule has 1 unspecified atom stereocenters. The molecule has 0 aliphatic heterocycles. The summed E-state index contributed by atoms with van der Waals surface area (Å²) in [6, 6.07) is 3.95. The number of nitrogens with one attached hydrogen (secondary N) is 1. The molecule has 4 nitrogen and oxygen atoms in total. The van der Waals surface area contributed by atoms with Gasteiger partial charge in [-0.1, -0.05) is 20.8 Å². The number of ether oxygens (including phenoxy) is 3. The average Bonchev–Trinajstić information content (AvgIpc) is 2.42. The van der Waals surface area contributed by atoms with Crippen LogP contribution in [0.15, 0.2) is 12.1 Å². The van der Waals surface area contributed by atoms with Crippen molar-refractivity contribution in [3.05, 3.63) is 17.7 Å². The normalized spacial score (nSPS) is 12.9. The zero-order chi connectivity index (χ0) is 15.3. The van der Waals surface area contributed by atoms with Crippen LogP contribution in [0.5, 0.6) is 17.2 Å². The van der Waals surface area contributed by atoms with Crippen molar-refractivity contribution < 1.29 is 14.2 Å². The van der Waals surface area contributed by atoms with Crippen molar-refractivity contribution in [2.45, 2.75) is 33.2 Å². The third-order valence-electron chi connectivity index (χ3n) is 3.27. The van der Waals surface area contributed by atoms with Gasteiger partial charge in [0.25, 0.3) is 0 Å². The Labute approximate surface area is 122 Å². The molecule has 1 rings (SSSR count). The van der Waals surface area contributed by atoms with Gasteiger partial charge in [-0.25, -0.2) is 0 Å². The second-order valence-corrected chi connectivity index (χ2v) is 6.05. The first-order chi connectivity index (χ1) is 9.36. The Bertz CT molecular complexity index is 413. The summed E-state index contributed by atoms with van der Waals surface area (Å²) in [5, 5.41) is 3.36. The lowest BCUT2D eigenvalue weighted by Gasteiger charge is -2.28. The average molecular weight is 281 g/mol. The third-order valence-corrected chi connectivity index (χ3v) is 3.27. The molecule has 0 aromatic heterocycles. The molecule has 0 radical (unpaired) electrons. The summed E-state index contributed by atoms with van der Waals surface area (Å²) in [5.74, 6) is 2.29. The van der Waals surface area contributed by atoms with E-state index >= 15 is 0 Å². The van der Waals surface area contributed by atoms with Crippen LogP contribution in [0.2, 0.25) is 0 Å². The third kappa shape index (κ3) is 4.04. The van der Waals surface area contributed by atoms with Crippen molar-refractivity contribution in [2.75, 3.05) is 28.4 Å². The van der Waals surface area contributed by atoms with Crippen LogP contribution < -0.4 is 19.5 Å². The highest BCUT2D eigenvalue weighted by Crippen LogP contribution is 2.41. The summed E-state index contributed by atoms with van der Waals surface area (Å²) in [6.45, 7) is 6.67. The van der Waals surface area contributed by atoms with Gasteiger partial charge in [0.1, 0.15) is 17.2 Å². The van der Waals surface area contributed by atoms with E-state index in [1.165, 1.54) is 0 Å². The predicted octanol–water partition coefficient (Wildman–Crippen LogP) is 3.41. The van der Waals surface area contributed by atoms with Crippen molar-refractivity contribution in [2.24, 2.45) is 5.41 Å². The number of rotatable bonds is 6. The van der Waals surface area contributed by atoms with Gasteiger partial charge in [0.15, 0.2) is 0 Å². The van der Waals surface area contributed by atoms with E-state index in [9.17, 15) is 0 Å². The van der Waals surface area contributed by atoms with Crippen LogP contribution in [0.4, 0.5) is 0 Å². The first-order valence-electron chi connectivity index (χ1n) is 6.83. The van der Waals surface area contributed by atoms with Gasteiger partial charge >= 0.3 is 0 Å². The summed E-state index contributed by atoms with van der Waals surface area (Å²) in [7, 11) is 6.93. The molecular weight excluding hydrogens is 254 g/mol. The van der Waals surface area contributed by atoms with Crippen LogP contribution in [0.1, 0.15) is 38.8 Å². The molecule has 0 saturated carbocycles. The van der Waals surface area contributed by atoms with E-state index < -0.39 is 0 Å². The fraction of sp³-hybridized carbons (Fsp3) is 0.625. The fourth-order valence-corrected chi connectivity index (χ4v) is 2.34. The molecule has 1 N–H and O–H groups in total. The fourth-order valence-electron chi connectivity index (χ4n) is 2.34. The van der Waals surface area contributed by atoms with Crippen LogP contribution in [0, 0.1) is 5.41 Å². The van der Waals surface area contributed by atoms with E-state index in [1.807, 2.05) is 19.2 Å². The number of benzene rings is 1. The molecule has 1 aromatic rings. The minimum absolute atomic E-state index is 0.158. The smallest absolute Gasteiger partial charge is 0.131 e. The van der Waals surface area contributed by atoms with Crippen molar-refractivity contribution in [1.82, 2.24) is 5.32 Å². The summed E-state index contributed by atoms with van der Waals surface area (Å²) < 4.78 is 16.3. The van der Waals surface area contributed by atoms with E-state index in [4.69, 9.17) is 14.2 Å². The Hall–Kier alpha value is -1.42. The Kier molecular flexibility index (Phi) is 5.69. The highest BCUT2D eigenvalue weighted by atomic mass is 16.5. The first kappa shape index (κ1) is 16.6. The maximum atomic E-state index is 5.53. The molecule has 1 aromatic carbocycles. The lowest BCUT2D eigenvalue weighted by molar-refractivity contribution is 0.302. The van der Waals surface area contributed by atoms with E-state index in [-0.39, 0.29) is 11.5 Å². The Balaban J connectivity index is 3.31. The Morgan fingerprint density at radius 1 is 1.00 bits per heavy atom. The van der Waals surface area contributed by atoms with Gasteiger partial charge in [-0.05, 0) is 18.9 Å². The van der Waals surface area contributed by atoms with Gasteiger partial charge in [-0.3, -0.25) is 0 Å². The Morgan fingerprint density at radius 3 is 1.80 bits per heavy atom. The van der Waals surface area contributed by atoms with E-state index in [0.717, 1.165) is 29.2 Å². The van der Waals surface area contributed by atoms with Crippen LogP contribution in [-0.2, 0) is 0 Å². The first-order valence-corrected chi connectivity index (χ1v) is 6.83. The molecule has 0 saturated heterocycles. The number of hydrogen-bond donors (Lipinski definition) is 1. The maximum Gasteiger partial charge on any atom is 0.131 e. The predicted molar refractivity (Wildman–Crippen MR) is 82.0 cm³/mol. The Morgan fingerprint density at radius 2 is 1.50 bits per heavy atom. The molecule has 0 fully saturated rings. The molecule has 0 heterocycles. The summed E-state index contributed by atoms with van der Waals surface area (Å²) in [5.41, 5.74) is 1.23. The van der Waals surface area contributed by atoms with Gasteiger partial charge in [-0.2, -0.15) is 0 Å². The van der Waals surface area contributed by atoms with Crippen LogP contribution >= 0.6 is 0 Å². The molecule has 4 heteroatoms. The molecular formula is C16H27NO3. The van der Waals surface area contributed by atoms with Crippen LogP contribution in [-0.4, -0.2) is 28.4 Å². The quantitative estimate of drug-likeness (QED) is 0.867. The number of hydrogen-bond acceptors (Lipinski definition) is 4. The molecule has 1 atom stereocenters. The van der Waals surface area contributed by atoms with Crippen LogP contribution in [0.25, 0.3) is 0 Å². The van der Waals surface area contributed by atoms with E-state index in [1.54, 1.807) is 21.3 Å². The minimum Gasteiger partial charge on any atom is -0.496 e. The number of methoxy groups -OCH3 is 3. The van der Waals surface area contributed by atoms with Crippen molar-refractivity contribution >= 4 is 0 Å².